The first kappa shape index (κ1) is 21.9. The molecule has 0 saturated heterocycles. The van der Waals surface area contributed by atoms with E-state index in [-0.39, 0.29) is 0 Å². The molecule has 0 amide bonds. The lowest BCUT2D eigenvalue weighted by molar-refractivity contribution is -0.0768. The van der Waals surface area contributed by atoms with Crippen LogP contribution in [0.25, 0.3) is 18.7 Å². The molecule has 3 aromatic carbocycles. The molecule has 0 aliphatic carbocycles. The standard InChI is InChI=1S/C26H20I2O4/c1-29-25-19-12-5-3-10-17(19)21(27)23(31-25)15-8-7-9-16(14-15)24-22(28)18-11-4-6-13-20(18)26(30-2)32-24/h3-14,25-26H,1-2H3. The maximum absolute atomic E-state index is 6.29. The first-order valence-corrected chi connectivity index (χ1v) is 12.3. The number of benzene rings is 3. The summed E-state index contributed by atoms with van der Waals surface area (Å²) in [5.74, 6) is 1.60. The molecule has 0 radical (unpaired) electrons. The third-order valence-corrected chi connectivity index (χ3v) is 7.71. The Kier molecular flexibility index (Phi) is 6.28. The van der Waals surface area contributed by atoms with Crippen LogP contribution in [0.3, 0.4) is 0 Å². The fourth-order valence-electron chi connectivity index (χ4n) is 4.04. The number of rotatable bonds is 4. The average Bonchev–Trinajstić information content (AvgIpc) is 2.85. The normalized spacial score (nSPS) is 19.8. The predicted molar refractivity (Wildman–Crippen MR) is 143 cm³/mol. The van der Waals surface area contributed by atoms with Crippen LogP contribution in [0.5, 0.6) is 0 Å². The number of hydrogen-bond donors (Lipinski definition) is 0. The molecule has 0 bridgehead atoms. The molecule has 2 aliphatic heterocycles. The van der Waals surface area contributed by atoms with Crippen molar-refractivity contribution in [2.45, 2.75) is 12.6 Å². The van der Waals surface area contributed by atoms with Crippen molar-refractivity contribution in [1.82, 2.24) is 0 Å². The Labute approximate surface area is 214 Å². The maximum atomic E-state index is 6.29. The molecule has 6 heteroatoms. The summed E-state index contributed by atoms with van der Waals surface area (Å²) in [4.78, 5) is 0. The van der Waals surface area contributed by atoms with E-state index >= 15 is 0 Å². The first-order valence-electron chi connectivity index (χ1n) is 10.1. The molecule has 5 rings (SSSR count). The van der Waals surface area contributed by atoms with Gasteiger partial charge < -0.3 is 18.9 Å². The van der Waals surface area contributed by atoms with Gasteiger partial charge in [-0.25, -0.2) is 0 Å². The Hall–Kier alpha value is -1.88. The van der Waals surface area contributed by atoms with Crippen LogP contribution in [-0.2, 0) is 18.9 Å². The zero-order chi connectivity index (χ0) is 22.2. The largest absolute Gasteiger partial charge is 0.459 e. The van der Waals surface area contributed by atoms with E-state index in [9.17, 15) is 0 Å². The minimum atomic E-state index is -0.446. The topological polar surface area (TPSA) is 36.9 Å². The van der Waals surface area contributed by atoms with Crippen molar-refractivity contribution in [2.24, 2.45) is 0 Å². The highest BCUT2D eigenvalue weighted by Gasteiger charge is 2.30. The number of hydrogen-bond acceptors (Lipinski definition) is 4. The summed E-state index contributed by atoms with van der Waals surface area (Å²) in [6.45, 7) is 0. The Bertz CT molecular complexity index is 1160. The van der Waals surface area contributed by atoms with Crippen LogP contribution in [-0.4, -0.2) is 14.2 Å². The van der Waals surface area contributed by atoms with Gasteiger partial charge in [-0.05, 0) is 51.2 Å². The van der Waals surface area contributed by atoms with Gasteiger partial charge in [-0.2, -0.15) is 0 Å². The van der Waals surface area contributed by atoms with E-state index in [0.717, 1.165) is 52.1 Å². The Balaban J connectivity index is 1.61. The van der Waals surface area contributed by atoms with Crippen molar-refractivity contribution in [3.63, 3.8) is 0 Å². The lowest BCUT2D eigenvalue weighted by atomic mass is 9.98. The second-order valence-corrected chi connectivity index (χ2v) is 9.57. The number of methoxy groups -OCH3 is 2. The smallest absolute Gasteiger partial charge is 0.227 e. The Morgan fingerprint density at radius 1 is 0.625 bits per heavy atom. The molecule has 4 nitrogen and oxygen atoms in total. The highest BCUT2D eigenvalue weighted by molar-refractivity contribution is 14.1. The first-order chi connectivity index (χ1) is 15.6. The van der Waals surface area contributed by atoms with E-state index in [2.05, 4.69) is 75.5 Å². The third kappa shape index (κ3) is 3.76. The molecular formula is C26H20I2O4. The van der Waals surface area contributed by atoms with Gasteiger partial charge in [0.2, 0.25) is 12.6 Å². The third-order valence-electron chi connectivity index (χ3n) is 5.57. The van der Waals surface area contributed by atoms with Gasteiger partial charge in [0.25, 0.3) is 0 Å². The Morgan fingerprint density at radius 2 is 1.06 bits per heavy atom. The fourth-order valence-corrected chi connectivity index (χ4v) is 5.89. The molecule has 2 unspecified atom stereocenters. The summed E-state index contributed by atoms with van der Waals surface area (Å²) in [5.41, 5.74) is 6.26. The van der Waals surface area contributed by atoms with Gasteiger partial charge in [0.1, 0.15) is 11.5 Å². The van der Waals surface area contributed by atoms with Crippen molar-refractivity contribution < 1.29 is 18.9 Å². The fraction of sp³-hybridized carbons (Fsp3) is 0.154. The summed E-state index contributed by atoms with van der Waals surface area (Å²) < 4.78 is 26.0. The van der Waals surface area contributed by atoms with Gasteiger partial charge in [-0.15, -0.1) is 0 Å². The zero-order valence-corrected chi connectivity index (χ0v) is 21.8. The molecule has 162 valence electrons. The summed E-state index contributed by atoms with van der Waals surface area (Å²) in [6, 6.07) is 24.6. The van der Waals surface area contributed by atoms with Crippen LogP contribution < -0.4 is 0 Å². The van der Waals surface area contributed by atoms with Crippen molar-refractivity contribution in [3.05, 3.63) is 106 Å². The van der Waals surface area contributed by atoms with Crippen LogP contribution in [0, 0.1) is 0 Å². The van der Waals surface area contributed by atoms with Crippen molar-refractivity contribution >= 4 is 63.9 Å². The molecule has 0 N–H and O–H groups in total. The van der Waals surface area contributed by atoms with E-state index in [1.807, 2.05) is 42.5 Å². The molecule has 0 fully saturated rings. The molecule has 0 aromatic heterocycles. The van der Waals surface area contributed by atoms with Crippen LogP contribution >= 0.6 is 45.2 Å². The minimum absolute atomic E-state index is 0.446. The minimum Gasteiger partial charge on any atom is -0.459 e. The van der Waals surface area contributed by atoms with Gasteiger partial charge in [-0.3, -0.25) is 0 Å². The predicted octanol–water partition coefficient (Wildman–Crippen LogP) is 7.56. The Morgan fingerprint density at radius 3 is 1.50 bits per heavy atom. The highest BCUT2D eigenvalue weighted by Crippen LogP contribution is 2.46. The van der Waals surface area contributed by atoms with E-state index < -0.39 is 12.6 Å². The molecule has 2 aliphatic rings. The molecule has 0 spiro atoms. The number of halogens is 2. The van der Waals surface area contributed by atoms with E-state index in [0.29, 0.717) is 0 Å². The molecule has 3 aromatic rings. The number of ether oxygens (including phenoxy) is 4. The van der Waals surface area contributed by atoms with Crippen LogP contribution in [0.15, 0.2) is 72.8 Å². The van der Waals surface area contributed by atoms with Crippen molar-refractivity contribution in [2.75, 3.05) is 14.2 Å². The molecule has 32 heavy (non-hydrogen) atoms. The lowest BCUT2D eigenvalue weighted by Crippen LogP contribution is -2.14. The zero-order valence-electron chi connectivity index (χ0n) is 17.5. The summed E-state index contributed by atoms with van der Waals surface area (Å²) in [7, 11) is 3.33. The van der Waals surface area contributed by atoms with Gasteiger partial charge >= 0.3 is 0 Å². The maximum Gasteiger partial charge on any atom is 0.227 e. The van der Waals surface area contributed by atoms with Crippen LogP contribution in [0.1, 0.15) is 46.0 Å². The average molecular weight is 650 g/mol. The monoisotopic (exact) mass is 650 g/mol. The molecule has 0 saturated carbocycles. The molecule has 2 atom stereocenters. The van der Waals surface area contributed by atoms with E-state index in [4.69, 9.17) is 18.9 Å². The van der Waals surface area contributed by atoms with Gasteiger partial charge in [-0.1, -0.05) is 66.7 Å². The molecule has 2 heterocycles. The molecular weight excluding hydrogens is 630 g/mol. The van der Waals surface area contributed by atoms with E-state index in [1.165, 1.54) is 0 Å². The second kappa shape index (κ2) is 9.17. The number of fused-ring (bicyclic) bond motifs is 2. The van der Waals surface area contributed by atoms with Gasteiger partial charge in [0, 0.05) is 47.6 Å². The SMILES string of the molecule is COC1OC(c2cccc(C3=C(I)c4ccccc4C(OC)O3)c2)=C(I)c2ccccc21. The lowest BCUT2D eigenvalue weighted by Gasteiger charge is -2.29. The highest BCUT2D eigenvalue weighted by atomic mass is 127. The second-order valence-electron chi connectivity index (χ2n) is 7.41. The van der Waals surface area contributed by atoms with E-state index in [1.54, 1.807) is 14.2 Å². The van der Waals surface area contributed by atoms with Crippen LogP contribution in [0.2, 0.25) is 0 Å². The van der Waals surface area contributed by atoms with Crippen LogP contribution in [0.4, 0.5) is 0 Å². The summed E-state index contributed by atoms with van der Waals surface area (Å²) in [6.07, 6.45) is -0.892. The van der Waals surface area contributed by atoms with Crippen molar-refractivity contribution in [1.29, 1.82) is 0 Å². The summed E-state index contributed by atoms with van der Waals surface area (Å²) in [5, 5.41) is 0. The van der Waals surface area contributed by atoms with Crippen molar-refractivity contribution in [3.8, 4) is 0 Å². The summed E-state index contributed by atoms with van der Waals surface area (Å²) >= 11 is 4.71. The van der Waals surface area contributed by atoms with Gasteiger partial charge in [0.05, 0.1) is 7.16 Å². The van der Waals surface area contributed by atoms with Gasteiger partial charge in [0.15, 0.2) is 0 Å². The quantitative estimate of drug-likeness (QED) is 0.274.